The van der Waals surface area contributed by atoms with Crippen molar-refractivity contribution in [2.24, 2.45) is 0 Å². The zero-order valence-corrected chi connectivity index (χ0v) is 14.9. The van der Waals surface area contributed by atoms with E-state index in [-0.39, 0.29) is 17.8 Å². The number of aryl methyl sites for hydroxylation is 1. The van der Waals surface area contributed by atoms with Gasteiger partial charge in [0.05, 0.1) is 11.3 Å². The molecular formula is C20H18F3N3O. The fourth-order valence-corrected chi connectivity index (χ4v) is 2.87. The number of rotatable bonds is 4. The summed E-state index contributed by atoms with van der Waals surface area (Å²) in [5, 5.41) is 4.32. The lowest BCUT2D eigenvalue weighted by Crippen LogP contribution is -2.28. The van der Waals surface area contributed by atoms with Crippen LogP contribution in [0.2, 0.25) is 0 Å². The quantitative estimate of drug-likeness (QED) is 0.677. The Morgan fingerprint density at radius 2 is 1.70 bits per heavy atom. The van der Waals surface area contributed by atoms with E-state index >= 15 is 0 Å². The van der Waals surface area contributed by atoms with Crippen molar-refractivity contribution in [1.29, 1.82) is 0 Å². The minimum Gasteiger partial charge on any atom is -0.336 e. The molecule has 1 amide bonds. The second-order valence-electron chi connectivity index (χ2n) is 6.23. The molecule has 2 aromatic carbocycles. The molecule has 0 aliphatic rings. The summed E-state index contributed by atoms with van der Waals surface area (Å²) in [7, 11) is 1.46. The minimum atomic E-state index is -4.47. The minimum absolute atomic E-state index is 0.0417. The third-order valence-electron chi connectivity index (χ3n) is 4.18. The van der Waals surface area contributed by atoms with Crippen LogP contribution < -0.4 is 0 Å². The first kappa shape index (κ1) is 18.7. The highest BCUT2D eigenvalue weighted by atomic mass is 19.4. The zero-order chi connectivity index (χ0) is 19.6. The fourth-order valence-electron chi connectivity index (χ4n) is 2.87. The van der Waals surface area contributed by atoms with E-state index in [4.69, 9.17) is 0 Å². The maximum atomic E-state index is 13.1. The lowest BCUT2D eigenvalue weighted by molar-refractivity contribution is -0.138. The third kappa shape index (κ3) is 4.02. The van der Waals surface area contributed by atoms with Crippen molar-refractivity contribution in [3.63, 3.8) is 0 Å². The molecule has 1 heterocycles. The van der Waals surface area contributed by atoms with Gasteiger partial charge in [-0.25, -0.2) is 4.68 Å². The van der Waals surface area contributed by atoms with Crippen LogP contribution in [0.25, 0.3) is 5.69 Å². The Hall–Kier alpha value is -3.09. The van der Waals surface area contributed by atoms with Crippen molar-refractivity contribution in [3.05, 3.63) is 83.2 Å². The Bertz CT molecular complexity index is 949. The number of para-hydroxylation sites is 1. The van der Waals surface area contributed by atoms with E-state index in [1.165, 1.54) is 30.1 Å². The summed E-state index contributed by atoms with van der Waals surface area (Å²) in [6.45, 7) is 1.65. The largest absolute Gasteiger partial charge is 0.416 e. The van der Waals surface area contributed by atoms with Gasteiger partial charge in [0.1, 0.15) is 0 Å². The number of hydrogen-bond acceptors (Lipinski definition) is 2. The molecule has 0 N–H and O–H groups in total. The number of benzene rings is 2. The molecule has 0 saturated carbocycles. The van der Waals surface area contributed by atoms with Crippen molar-refractivity contribution in [2.75, 3.05) is 7.05 Å². The summed E-state index contributed by atoms with van der Waals surface area (Å²) >= 11 is 0. The van der Waals surface area contributed by atoms with Gasteiger partial charge in [0.25, 0.3) is 5.91 Å². The predicted molar refractivity (Wildman–Crippen MR) is 95.5 cm³/mol. The fraction of sp³-hybridized carbons (Fsp3) is 0.200. The number of carbonyl (C=O) groups excluding carboxylic acids is 1. The number of aromatic nitrogens is 2. The highest BCUT2D eigenvalue weighted by molar-refractivity contribution is 5.92. The molecule has 0 unspecified atom stereocenters. The van der Waals surface area contributed by atoms with Gasteiger partial charge >= 0.3 is 6.18 Å². The Labute approximate surface area is 154 Å². The standard InChI is InChI=1S/C20H18F3N3O/c1-14-12-18(24-26(14)16-9-4-3-5-10-16)19(27)25(2)13-15-8-6-7-11-17(15)20(21,22)23/h3-12H,13H2,1-2H3. The summed E-state index contributed by atoms with van der Waals surface area (Å²) in [5.74, 6) is -0.440. The van der Waals surface area contributed by atoms with Crippen LogP contribution in [-0.4, -0.2) is 27.6 Å². The van der Waals surface area contributed by atoms with Gasteiger partial charge in [-0.05, 0) is 36.8 Å². The molecule has 0 fully saturated rings. The summed E-state index contributed by atoms with van der Waals surface area (Å²) in [6.07, 6.45) is -4.47. The number of amides is 1. The van der Waals surface area contributed by atoms with Crippen molar-refractivity contribution in [2.45, 2.75) is 19.6 Å². The van der Waals surface area contributed by atoms with Crippen LogP contribution in [0, 0.1) is 6.92 Å². The monoisotopic (exact) mass is 373 g/mol. The maximum Gasteiger partial charge on any atom is 0.416 e. The van der Waals surface area contributed by atoms with Crippen LogP contribution in [0.1, 0.15) is 27.3 Å². The number of hydrogen-bond donors (Lipinski definition) is 0. The first-order chi connectivity index (χ1) is 12.8. The summed E-state index contributed by atoms with van der Waals surface area (Å²) < 4.78 is 41.1. The van der Waals surface area contributed by atoms with E-state index < -0.39 is 17.6 Å². The second-order valence-corrected chi connectivity index (χ2v) is 6.23. The molecule has 0 saturated heterocycles. The normalized spacial score (nSPS) is 11.4. The van der Waals surface area contributed by atoms with Crippen LogP contribution in [0.5, 0.6) is 0 Å². The molecule has 0 spiro atoms. The highest BCUT2D eigenvalue weighted by Crippen LogP contribution is 2.32. The molecule has 3 aromatic rings. The van der Waals surface area contributed by atoms with Gasteiger partial charge in [-0.15, -0.1) is 0 Å². The van der Waals surface area contributed by atoms with Crippen molar-refractivity contribution in [1.82, 2.24) is 14.7 Å². The average molecular weight is 373 g/mol. The SMILES string of the molecule is Cc1cc(C(=O)N(C)Cc2ccccc2C(F)(F)F)nn1-c1ccccc1. The van der Waals surface area contributed by atoms with E-state index in [2.05, 4.69) is 5.10 Å². The van der Waals surface area contributed by atoms with Gasteiger partial charge in [0.2, 0.25) is 0 Å². The smallest absolute Gasteiger partial charge is 0.336 e. The first-order valence-electron chi connectivity index (χ1n) is 8.30. The Morgan fingerprint density at radius 3 is 2.37 bits per heavy atom. The molecule has 27 heavy (non-hydrogen) atoms. The molecule has 0 bridgehead atoms. The molecule has 7 heteroatoms. The maximum absolute atomic E-state index is 13.1. The summed E-state index contributed by atoms with van der Waals surface area (Å²) in [6, 6.07) is 16.2. The van der Waals surface area contributed by atoms with Crippen molar-refractivity contribution in [3.8, 4) is 5.69 Å². The van der Waals surface area contributed by atoms with E-state index in [1.54, 1.807) is 10.7 Å². The predicted octanol–water partition coefficient (Wildman–Crippen LogP) is 4.47. The second kappa shape index (κ2) is 7.26. The van der Waals surface area contributed by atoms with Gasteiger partial charge < -0.3 is 4.90 Å². The van der Waals surface area contributed by atoms with Crippen LogP contribution in [0.4, 0.5) is 13.2 Å². The molecule has 3 rings (SSSR count). The molecule has 0 radical (unpaired) electrons. The Balaban J connectivity index is 1.84. The van der Waals surface area contributed by atoms with Gasteiger partial charge in [0.15, 0.2) is 5.69 Å². The van der Waals surface area contributed by atoms with E-state index in [9.17, 15) is 18.0 Å². The molecule has 1 aromatic heterocycles. The Morgan fingerprint density at radius 1 is 1.07 bits per heavy atom. The van der Waals surface area contributed by atoms with Gasteiger partial charge in [-0.2, -0.15) is 18.3 Å². The number of carbonyl (C=O) groups is 1. The number of alkyl halides is 3. The van der Waals surface area contributed by atoms with E-state index in [1.807, 2.05) is 37.3 Å². The van der Waals surface area contributed by atoms with E-state index in [0.29, 0.717) is 0 Å². The summed E-state index contributed by atoms with van der Waals surface area (Å²) in [4.78, 5) is 13.9. The van der Waals surface area contributed by atoms with Gasteiger partial charge in [-0.3, -0.25) is 4.79 Å². The average Bonchev–Trinajstić information content (AvgIpc) is 3.03. The lowest BCUT2D eigenvalue weighted by atomic mass is 10.1. The molecule has 0 aliphatic carbocycles. The number of nitrogens with zero attached hydrogens (tertiary/aromatic N) is 3. The van der Waals surface area contributed by atoms with Crippen LogP contribution in [0.3, 0.4) is 0 Å². The van der Waals surface area contributed by atoms with Crippen LogP contribution >= 0.6 is 0 Å². The molecule has 4 nitrogen and oxygen atoms in total. The van der Waals surface area contributed by atoms with E-state index in [0.717, 1.165) is 17.4 Å². The molecular weight excluding hydrogens is 355 g/mol. The van der Waals surface area contributed by atoms with Gasteiger partial charge in [-0.1, -0.05) is 36.4 Å². The zero-order valence-electron chi connectivity index (χ0n) is 14.9. The lowest BCUT2D eigenvalue weighted by Gasteiger charge is -2.19. The van der Waals surface area contributed by atoms with Crippen molar-refractivity contribution < 1.29 is 18.0 Å². The Kier molecular flexibility index (Phi) is 5.03. The van der Waals surface area contributed by atoms with Crippen molar-refractivity contribution >= 4 is 5.91 Å². The van der Waals surface area contributed by atoms with Crippen LogP contribution in [0.15, 0.2) is 60.7 Å². The van der Waals surface area contributed by atoms with Gasteiger partial charge in [0, 0.05) is 19.3 Å². The molecule has 0 atom stereocenters. The molecule has 0 aliphatic heterocycles. The topological polar surface area (TPSA) is 38.1 Å². The third-order valence-corrected chi connectivity index (χ3v) is 4.18. The highest BCUT2D eigenvalue weighted by Gasteiger charge is 2.33. The number of halogens is 3. The van der Waals surface area contributed by atoms with Crippen LogP contribution in [-0.2, 0) is 12.7 Å². The summed E-state index contributed by atoms with van der Waals surface area (Å²) in [5.41, 5.74) is 1.05. The molecule has 140 valence electrons. The first-order valence-corrected chi connectivity index (χ1v) is 8.30.